The summed E-state index contributed by atoms with van der Waals surface area (Å²) in [6.07, 6.45) is 0. The fourth-order valence-electron chi connectivity index (χ4n) is 1.96. The molecule has 1 heterocycles. The van der Waals surface area contributed by atoms with Gasteiger partial charge >= 0.3 is 0 Å². The lowest BCUT2D eigenvalue weighted by atomic mass is 10.0. The van der Waals surface area contributed by atoms with Gasteiger partial charge in [0.05, 0.1) is 5.52 Å². The van der Waals surface area contributed by atoms with Crippen LogP contribution in [-0.4, -0.2) is 15.0 Å². The first-order valence-corrected chi connectivity index (χ1v) is 5.60. The fourth-order valence-corrected chi connectivity index (χ4v) is 1.96. The lowest BCUT2D eigenvalue weighted by molar-refractivity contribution is 0.736. The molecule has 1 aromatic heterocycles. The van der Waals surface area contributed by atoms with Crippen LogP contribution >= 0.6 is 0 Å². The number of hydrogen-bond donors (Lipinski definition) is 0. The molecule has 0 spiro atoms. The van der Waals surface area contributed by atoms with E-state index in [0.29, 0.717) is 0 Å². The van der Waals surface area contributed by atoms with Crippen LogP contribution in [0.15, 0.2) is 42.5 Å². The van der Waals surface area contributed by atoms with E-state index in [2.05, 4.69) is 53.6 Å². The molecule has 3 nitrogen and oxygen atoms in total. The Morgan fingerprint density at radius 2 is 1.65 bits per heavy atom. The number of rotatable bonds is 1. The molecule has 0 N–H and O–H groups in total. The second-order valence-electron chi connectivity index (χ2n) is 4.28. The minimum atomic E-state index is 0.934. The zero-order valence-corrected chi connectivity index (χ0v) is 9.88. The molecule has 84 valence electrons. The summed E-state index contributed by atoms with van der Waals surface area (Å²) in [5.41, 5.74) is 5.69. The van der Waals surface area contributed by atoms with Gasteiger partial charge in [0.25, 0.3) is 0 Å². The Morgan fingerprint density at radius 3 is 2.41 bits per heavy atom. The van der Waals surface area contributed by atoms with Crippen LogP contribution < -0.4 is 0 Å². The number of aromatic nitrogens is 3. The van der Waals surface area contributed by atoms with Crippen LogP contribution in [0.2, 0.25) is 0 Å². The smallest absolute Gasteiger partial charge is 0.113 e. The first-order valence-electron chi connectivity index (χ1n) is 5.60. The summed E-state index contributed by atoms with van der Waals surface area (Å²) in [6.45, 7) is 2.10. The second kappa shape index (κ2) is 3.70. The molecule has 3 aromatic rings. The molecule has 0 aliphatic heterocycles. The molecule has 0 radical (unpaired) electrons. The summed E-state index contributed by atoms with van der Waals surface area (Å²) < 4.78 is 1.80. The Kier molecular flexibility index (Phi) is 2.18. The third-order valence-corrected chi connectivity index (χ3v) is 3.00. The molecule has 0 fully saturated rings. The summed E-state index contributed by atoms with van der Waals surface area (Å²) in [6, 6.07) is 14.8. The van der Waals surface area contributed by atoms with E-state index in [1.807, 2.05) is 13.1 Å². The van der Waals surface area contributed by atoms with E-state index in [9.17, 15) is 0 Å². The fraction of sp³-hybridized carbons (Fsp3) is 0.143. The second-order valence-corrected chi connectivity index (χ2v) is 4.28. The molecule has 0 atom stereocenters. The quantitative estimate of drug-likeness (QED) is 0.635. The topological polar surface area (TPSA) is 30.7 Å². The number of nitrogens with zero attached hydrogens (tertiary/aromatic N) is 3. The highest BCUT2D eigenvalue weighted by molar-refractivity contribution is 5.81. The predicted octanol–water partition coefficient (Wildman–Crippen LogP) is 2.94. The lowest BCUT2D eigenvalue weighted by Gasteiger charge is -2.02. The van der Waals surface area contributed by atoms with E-state index in [-0.39, 0.29) is 0 Å². The average molecular weight is 223 g/mol. The van der Waals surface area contributed by atoms with E-state index >= 15 is 0 Å². The molecule has 3 rings (SSSR count). The Labute approximate surface area is 99.7 Å². The van der Waals surface area contributed by atoms with Crippen molar-refractivity contribution in [2.75, 3.05) is 0 Å². The lowest BCUT2D eigenvalue weighted by Crippen LogP contribution is -1.89. The molecule has 0 aliphatic rings. The van der Waals surface area contributed by atoms with E-state index in [1.165, 1.54) is 16.7 Å². The Morgan fingerprint density at radius 1 is 0.941 bits per heavy atom. The number of aryl methyl sites for hydroxylation is 2. The molecule has 0 unspecified atom stereocenters. The van der Waals surface area contributed by atoms with Crippen LogP contribution in [-0.2, 0) is 7.05 Å². The van der Waals surface area contributed by atoms with Gasteiger partial charge in [-0.1, -0.05) is 41.1 Å². The highest BCUT2D eigenvalue weighted by Crippen LogP contribution is 2.23. The van der Waals surface area contributed by atoms with Gasteiger partial charge in [0.1, 0.15) is 5.52 Å². The van der Waals surface area contributed by atoms with E-state index in [4.69, 9.17) is 0 Å². The van der Waals surface area contributed by atoms with Crippen LogP contribution in [0.3, 0.4) is 0 Å². The van der Waals surface area contributed by atoms with Crippen molar-refractivity contribution >= 4 is 11.0 Å². The molecule has 2 aromatic carbocycles. The molecule has 17 heavy (non-hydrogen) atoms. The van der Waals surface area contributed by atoms with Gasteiger partial charge in [-0.05, 0) is 30.2 Å². The van der Waals surface area contributed by atoms with Crippen molar-refractivity contribution in [1.82, 2.24) is 15.0 Å². The van der Waals surface area contributed by atoms with Crippen LogP contribution in [0.25, 0.3) is 22.2 Å². The maximum Gasteiger partial charge on any atom is 0.113 e. The zero-order valence-electron chi connectivity index (χ0n) is 9.88. The van der Waals surface area contributed by atoms with Gasteiger partial charge in [-0.3, -0.25) is 0 Å². The van der Waals surface area contributed by atoms with E-state index < -0.39 is 0 Å². The molecule has 3 heteroatoms. The molecular formula is C14H13N3. The number of benzene rings is 2. The van der Waals surface area contributed by atoms with Gasteiger partial charge in [0.2, 0.25) is 0 Å². The van der Waals surface area contributed by atoms with Crippen molar-refractivity contribution < 1.29 is 0 Å². The molecule has 0 aliphatic carbocycles. The van der Waals surface area contributed by atoms with Gasteiger partial charge in [-0.2, -0.15) is 0 Å². The normalized spacial score (nSPS) is 10.9. The van der Waals surface area contributed by atoms with E-state index in [1.54, 1.807) is 4.68 Å². The minimum Gasteiger partial charge on any atom is -0.248 e. The largest absolute Gasteiger partial charge is 0.248 e. The summed E-state index contributed by atoms with van der Waals surface area (Å²) in [5, 5.41) is 8.09. The maximum absolute atomic E-state index is 4.08. The number of fused-ring (bicyclic) bond motifs is 1. The van der Waals surface area contributed by atoms with Crippen LogP contribution in [0.1, 0.15) is 5.56 Å². The Bertz CT molecular complexity index is 666. The van der Waals surface area contributed by atoms with Crippen molar-refractivity contribution in [2.24, 2.45) is 7.05 Å². The average Bonchev–Trinajstić information content (AvgIpc) is 2.72. The third kappa shape index (κ3) is 1.69. The highest BCUT2D eigenvalue weighted by atomic mass is 15.4. The first-order chi connectivity index (χ1) is 8.24. The summed E-state index contributed by atoms with van der Waals surface area (Å²) in [4.78, 5) is 0. The van der Waals surface area contributed by atoms with Crippen LogP contribution in [0, 0.1) is 6.92 Å². The number of hydrogen-bond acceptors (Lipinski definition) is 2. The monoisotopic (exact) mass is 223 g/mol. The van der Waals surface area contributed by atoms with Gasteiger partial charge in [0, 0.05) is 7.05 Å². The van der Waals surface area contributed by atoms with Crippen molar-refractivity contribution in [3.05, 3.63) is 48.0 Å². The van der Waals surface area contributed by atoms with Crippen molar-refractivity contribution in [1.29, 1.82) is 0 Å². The van der Waals surface area contributed by atoms with Gasteiger partial charge in [0.15, 0.2) is 0 Å². The summed E-state index contributed by atoms with van der Waals surface area (Å²) in [5.74, 6) is 0. The molecule has 0 amide bonds. The summed E-state index contributed by atoms with van der Waals surface area (Å²) in [7, 11) is 1.91. The highest BCUT2D eigenvalue weighted by Gasteiger charge is 2.03. The van der Waals surface area contributed by atoms with Crippen LogP contribution in [0.5, 0.6) is 0 Å². The van der Waals surface area contributed by atoms with E-state index in [0.717, 1.165) is 11.0 Å². The van der Waals surface area contributed by atoms with Crippen molar-refractivity contribution in [3.63, 3.8) is 0 Å². The minimum absolute atomic E-state index is 0.934. The Balaban J connectivity index is 2.17. The third-order valence-electron chi connectivity index (χ3n) is 3.00. The van der Waals surface area contributed by atoms with Gasteiger partial charge < -0.3 is 0 Å². The SMILES string of the molecule is Cc1ccc(-c2ccc3nnn(C)c3c2)cc1. The van der Waals surface area contributed by atoms with Crippen molar-refractivity contribution in [3.8, 4) is 11.1 Å². The maximum atomic E-state index is 4.08. The zero-order chi connectivity index (χ0) is 11.8. The molecule has 0 saturated carbocycles. The molecule has 0 saturated heterocycles. The molecular weight excluding hydrogens is 210 g/mol. The standard InChI is InChI=1S/C14H13N3/c1-10-3-5-11(6-4-10)12-7-8-13-14(9-12)17(2)16-15-13/h3-9H,1-2H3. The summed E-state index contributed by atoms with van der Waals surface area (Å²) >= 11 is 0. The van der Waals surface area contributed by atoms with Crippen molar-refractivity contribution in [2.45, 2.75) is 6.92 Å². The predicted molar refractivity (Wildman–Crippen MR) is 68.7 cm³/mol. The Hall–Kier alpha value is -2.16. The first kappa shape index (κ1) is 10.0. The molecule has 0 bridgehead atoms. The van der Waals surface area contributed by atoms with Gasteiger partial charge in [-0.25, -0.2) is 4.68 Å². The van der Waals surface area contributed by atoms with Gasteiger partial charge in [-0.15, -0.1) is 5.10 Å². The van der Waals surface area contributed by atoms with Crippen LogP contribution in [0.4, 0.5) is 0 Å².